The summed E-state index contributed by atoms with van der Waals surface area (Å²) in [6.07, 6.45) is -5.83. The Kier molecular flexibility index (Phi) is 4.69. The van der Waals surface area contributed by atoms with Crippen LogP contribution in [0.15, 0.2) is 23.1 Å². The largest absolute Gasteiger partial charge is 0.467 e. The molecule has 9 nitrogen and oxygen atoms in total. The molecule has 2 rings (SSSR count). The summed E-state index contributed by atoms with van der Waals surface area (Å²) in [4.78, 5) is -1.06. The first-order valence-electron chi connectivity index (χ1n) is 5.92. The Morgan fingerprint density at radius 3 is 2.52 bits per heavy atom. The Morgan fingerprint density at radius 2 is 2.00 bits per heavy atom. The van der Waals surface area contributed by atoms with Crippen LogP contribution >= 0.6 is 0 Å². The number of alkyl halides is 3. The van der Waals surface area contributed by atoms with Crippen molar-refractivity contribution in [3.63, 3.8) is 0 Å². The highest BCUT2D eigenvalue weighted by molar-refractivity contribution is 7.89. The third-order valence-electron chi connectivity index (χ3n) is 2.63. The van der Waals surface area contributed by atoms with Crippen molar-refractivity contribution in [1.82, 2.24) is 25.3 Å². The molecule has 14 heteroatoms. The monoisotopic (exact) mass is 351 g/mol. The molecule has 0 radical (unpaired) electrons. The van der Waals surface area contributed by atoms with E-state index in [2.05, 4.69) is 20.6 Å². The van der Waals surface area contributed by atoms with E-state index in [1.807, 2.05) is 0 Å². The fourth-order valence-electron chi connectivity index (χ4n) is 1.67. The Labute approximate surface area is 127 Å². The van der Waals surface area contributed by atoms with Crippen LogP contribution in [0.3, 0.4) is 0 Å². The zero-order chi connectivity index (χ0) is 17.3. The van der Waals surface area contributed by atoms with Gasteiger partial charge < -0.3 is 10.0 Å². The smallest absolute Gasteiger partial charge is 0.426 e. The highest BCUT2D eigenvalue weighted by atomic mass is 32.2. The van der Waals surface area contributed by atoms with E-state index < -0.39 is 40.2 Å². The second-order valence-corrected chi connectivity index (χ2v) is 6.01. The van der Waals surface area contributed by atoms with E-state index in [-0.39, 0.29) is 11.4 Å². The lowest BCUT2D eigenvalue weighted by atomic mass is 9.94. The van der Waals surface area contributed by atoms with Gasteiger partial charge in [0.2, 0.25) is 15.8 Å². The minimum absolute atomic E-state index is 0.0905. The van der Waals surface area contributed by atoms with Gasteiger partial charge in [0.25, 0.3) is 0 Å². The van der Waals surface area contributed by atoms with Gasteiger partial charge in [0, 0.05) is 12.0 Å². The molecule has 2 aromatic rings. The summed E-state index contributed by atoms with van der Waals surface area (Å²) < 4.78 is 64.9. The Morgan fingerprint density at radius 1 is 1.30 bits per heavy atom. The molecule has 0 saturated carbocycles. The quantitative estimate of drug-likeness (QED) is 0.516. The van der Waals surface area contributed by atoms with Crippen LogP contribution < -0.4 is 4.72 Å². The Balaban J connectivity index is 2.52. The summed E-state index contributed by atoms with van der Waals surface area (Å²) >= 11 is 0. The average molecular weight is 351 g/mol. The summed E-state index contributed by atoms with van der Waals surface area (Å²) in [5, 5.41) is 29.6. The Hall–Kier alpha value is -2.03. The third-order valence-corrected chi connectivity index (χ3v) is 4.12. The zero-order valence-electron chi connectivity index (χ0n) is 11.1. The third kappa shape index (κ3) is 4.04. The van der Waals surface area contributed by atoms with Crippen LogP contribution in [-0.4, -0.2) is 52.7 Å². The van der Waals surface area contributed by atoms with Crippen LogP contribution in [0.1, 0.15) is 5.56 Å². The summed E-state index contributed by atoms with van der Waals surface area (Å²) in [6.45, 7) is 0. The first-order valence-corrected chi connectivity index (χ1v) is 7.40. The number of aromatic nitrogens is 4. The van der Waals surface area contributed by atoms with Crippen molar-refractivity contribution in [2.45, 2.75) is 11.1 Å². The van der Waals surface area contributed by atoms with Crippen molar-refractivity contribution in [2.24, 2.45) is 0 Å². The van der Waals surface area contributed by atoms with Gasteiger partial charge in [0.05, 0.1) is 10.5 Å². The molecule has 0 aliphatic carbocycles. The van der Waals surface area contributed by atoms with Crippen LogP contribution in [0.25, 0.3) is 11.4 Å². The number of hydrogen-bond acceptors (Lipinski definition) is 7. The van der Waals surface area contributed by atoms with Crippen LogP contribution in [0.2, 0.25) is 0 Å². The van der Waals surface area contributed by atoms with Crippen molar-refractivity contribution >= 4 is 17.1 Å². The molecule has 0 bridgehead atoms. The zero-order valence-corrected chi connectivity index (χ0v) is 11.9. The standard InChI is InChI=1S/C9H9BF3N5O4S/c11-9(12,13)6-3-5(8-15-17-18-16-8)1-2-7(6)23(21,22)14-4-10(19)20/h1-3,14,19-20H,4H2,(H,15,16,17,18). The molecule has 1 aromatic carbocycles. The number of sulfonamides is 1. The lowest BCUT2D eigenvalue weighted by molar-refractivity contribution is -0.139. The van der Waals surface area contributed by atoms with Crippen molar-refractivity contribution < 1.29 is 31.6 Å². The molecule has 124 valence electrons. The molecule has 0 saturated heterocycles. The van der Waals surface area contributed by atoms with Crippen LogP contribution in [0.5, 0.6) is 0 Å². The van der Waals surface area contributed by atoms with Crippen molar-refractivity contribution in [1.29, 1.82) is 0 Å². The SMILES string of the molecule is O=S(=O)(NCB(O)O)c1ccc(-c2nn[nH]n2)cc1C(F)(F)F. The molecule has 0 unspecified atom stereocenters. The van der Waals surface area contributed by atoms with E-state index in [9.17, 15) is 21.6 Å². The van der Waals surface area contributed by atoms with Crippen LogP contribution in [-0.2, 0) is 16.2 Å². The maximum atomic E-state index is 13.1. The van der Waals surface area contributed by atoms with Gasteiger partial charge in [0.15, 0.2) is 0 Å². The molecule has 0 fully saturated rings. The first kappa shape index (κ1) is 17.3. The van der Waals surface area contributed by atoms with Gasteiger partial charge in [-0.25, -0.2) is 13.1 Å². The first-order chi connectivity index (χ1) is 10.6. The van der Waals surface area contributed by atoms with E-state index in [1.54, 1.807) is 4.72 Å². The van der Waals surface area contributed by atoms with Gasteiger partial charge in [-0.1, -0.05) is 0 Å². The number of nitrogens with one attached hydrogen (secondary N) is 2. The predicted molar refractivity (Wildman–Crippen MR) is 70.0 cm³/mol. The molecule has 1 aromatic heterocycles. The van der Waals surface area contributed by atoms with Gasteiger partial charge in [-0.3, -0.25) is 0 Å². The van der Waals surface area contributed by atoms with Gasteiger partial charge in [0.1, 0.15) is 0 Å². The van der Waals surface area contributed by atoms with E-state index in [0.29, 0.717) is 6.07 Å². The van der Waals surface area contributed by atoms with Crippen molar-refractivity contribution in [3.05, 3.63) is 23.8 Å². The van der Waals surface area contributed by atoms with Gasteiger partial charge in [-0.15, -0.1) is 10.2 Å². The molecule has 4 N–H and O–H groups in total. The molecule has 0 aliphatic heterocycles. The molecule has 0 spiro atoms. The van der Waals surface area contributed by atoms with E-state index >= 15 is 0 Å². The minimum Gasteiger partial charge on any atom is -0.426 e. The second-order valence-electron chi connectivity index (χ2n) is 4.28. The molecule has 23 heavy (non-hydrogen) atoms. The fraction of sp³-hybridized carbons (Fsp3) is 0.222. The predicted octanol–water partition coefficient (Wildman–Crippen LogP) is -0.824. The highest BCUT2D eigenvalue weighted by Gasteiger charge is 2.38. The molecular weight excluding hydrogens is 342 g/mol. The fourth-order valence-corrected chi connectivity index (χ4v) is 2.91. The lowest BCUT2D eigenvalue weighted by Gasteiger charge is -2.14. The summed E-state index contributed by atoms with van der Waals surface area (Å²) in [5.41, 5.74) is -1.54. The number of halogens is 3. The number of hydrogen-bond donors (Lipinski definition) is 4. The summed E-state index contributed by atoms with van der Waals surface area (Å²) in [7, 11) is -6.65. The Bertz CT molecular complexity index is 781. The van der Waals surface area contributed by atoms with E-state index in [1.165, 1.54) is 0 Å². The number of rotatable bonds is 5. The van der Waals surface area contributed by atoms with E-state index in [0.717, 1.165) is 12.1 Å². The van der Waals surface area contributed by atoms with Gasteiger partial charge in [-0.2, -0.15) is 18.4 Å². The normalized spacial score (nSPS) is 12.4. The number of nitrogens with zero attached hydrogens (tertiary/aromatic N) is 3. The maximum Gasteiger partial charge on any atom is 0.467 e. The van der Waals surface area contributed by atoms with Crippen molar-refractivity contribution in [2.75, 3.05) is 6.44 Å². The number of benzene rings is 1. The minimum atomic E-state index is -4.97. The van der Waals surface area contributed by atoms with Crippen LogP contribution in [0, 0.1) is 0 Å². The van der Waals surface area contributed by atoms with Crippen LogP contribution in [0.4, 0.5) is 13.2 Å². The van der Waals surface area contributed by atoms with E-state index in [4.69, 9.17) is 10.0 Å². The highest BCUT2D eigenvalue weighted by Crippen LogP contribution is 2.36. The second kappa shape index (κ2) is 6.23. The summed E-state index contributed by atoms with van der Waals surface area (Å²) in [5.74, 6) is -0.141. The molecule has 1 heterocycles. The summed E-state index contributed by atoms with van der Waals surface area (Å²) in [6, 6.07) is 2.36. The number of tetrazole rings is 1. The number of aromatic amines is 1. The molecular formula is C9H9BF3N5O4S. The maximum absolute atomic E-state index is 13.1. The topological polar surface area (TPSA) is 141 Å². The average Bonchev–Trinajstić information content (AvgIpc) is 2.98. The molecule has 0 atom stereocenters. The van der Waals surface area contributed by atoms with Gasteiger partial charge >= 0.3 is 13.3 Å². The van der Waals surface area contributed by atoms with Crippen molar-refractivity contribution in [3.8, 4) is 11.4 Å². The molecule has 0 aliphatic rings. The lowest BCUT2D eigenvalue weighted by Crippen LogP contribution is -2.35. The van der Waals surface area contributed by atoms with Gasteiger partial charge in [-0.05, 0) is 23.4 Å². The number of H-pyrrole nitrogens is 1. The molecule has 0 amide bonds.